The maximum Gasteiger partial charge on any atom is 0.408 e. The van der Waals surface area contributed by atoms with Gasteiger partial charge in [-0.05, 0) is 12.0 Å². The highest BCUT2D eigenvalue weighted by Gasteiger charge is 2.28. The molecule has 1 aromatic rings. The number of hydrogen-bond acceptors (Lipinski definition) is 6. The summed E-state index contributed by atoms with van der Waals surface area (Å²) in [6.07, 6.45) is -2.02. The number of aliphatic carboxylic acids is 1. The van der Waals surface area contributed by atoms with E-state index in [4.69, 9.17) is 21.3 Å². The van der Waals surface area contributed by atoms with E-state index in [9.17, 15) is 24.0 Å². The lowest BCUT2D eigenvalue weighted by Crippen LogP contribution is -2.52. The molecule has 11 heteroatoms. The number of primary amides is 2. The van der Waals surface area contributed by atoms with Gasteiger partial charge in [0.05, 0.1) is 6.42 Å². The molecule has 0 fully saturated rings. The highest BCUT2D eigenvalue weighted by Crippen LogP contribution is 2.04. The Morgan fingerprint density at radius 3 is 2.14 bits per heavy atom. The Hall–Kier alpha value is -3.63. The standard InChI is InChI=1S/C17H22N4O7/c18-13(22)7-6-11(15(24)20-12(16(25)26)8-14(19)23)21-17(27)28-9-10-4-2-1-3-5-10/h1-5,11-12H,6-9H2,(H2,18,22)(H2,19,23)(H,20,24)(H,21,27)(H,25,26). The molecule has 1 aromatic carbocycles. The molecule has 11 nitrogen and oxygen atoms in total. The molecule has 28 heavy (non-hydrogen) atoms. The van der Waals surface area contributed by atoms with Gasteiger partial charge in [0.2, 0.25) is 17.7 Å². The molecule has 2 atom stereocenters. The Bertz CT molecular complexity index is 723. The fourth-order valence-corrected chi connectivity index (χ4v) is 2.14. The van der Waals surface area contributed by atoms with Crippen LogP contribution < -0.4 is 22.1 Å². The van der Waals surface area contributed by atoms with E-state index in [0.717, 1.165) is 0 Å². The summed E-state index contributed by atoms with van der Waals surface area (Å²) >= 11 is 0. The summed E-state index contributed by atoms with van der Waals surface area (Å²) in [4.78, 5) is 57.3. The minimum Gasteiger partial charge on any atom is -0.480 e. The molecule has 1 rings (SSSR count). The number of nitrogens with one attached hydrogen (secondary N) is 2. The van der Waals surface area contributed by atoms with Gasteiger partial charge in [0.15, 0.2) is 0 Å². The van der Waals surface area contributed by atoms with Gasteiger partial charge in [-0.25, -0.2) is 9.59 Å². The molecule has 0 aromatic heterocycles. The molecule has 0 aliphatic heterocycles. The number of nitrogens with two attached hydrogens (primary N) is 2. The average Bonchev–Trinajstić information content (AvgIpc) is 2.63. The Labute approximate surface area is 160 Å². The molecule has 0 saturated carbocycles. The van der Waals surface area contributed by atoms with Gasteiger partial charge in [0, 0.05) is 6.42 Å². The number of benzene rings is 1. The van der Waals surface area contributed by atoms with Gasteiger partial charge in [-0.1, -0.05) is 30.3 Å². The predicted molar refractivity (Wildman–Crippen MR) is 95.4 cm³/mol. The van der Waals surface area contributed by atoms with Crippen molar-refractivity contribution < 1.29 is 33.8 Å². The number of amides is 4. The van der Waals surface area contributed by atoms with Crippen molar-refractivity contribution in [3.8, 4) is 0 Å². The number of carboxylic acids is 1. The molecule has 0 aliphatic rings. The Morgan fingerprint density at radius 1 is 0.964 bits per heavy atom. The lowest BCUT2D eigenvalue weighted by molar-refractivity contribution is -0.143. The van der Waals surface area contributed by atoms with Crippen LogP contribution in [0, 0.1) is 0 Å². The van der Waals surface area contributed by atoms with Gasteiger partial charge >= 0.3 is 12.1 Å². The summed E-state index contributed by atoms with van der Waals surface area (Å²) in [5, 5.41) is 13.4. The topological polar surface area (TPSA) is 191 Å². The predicted octanol–water partition coefficient (Wildman–Crippen LogP) is -1.01. The third kappa shape index (κ3) is 8.65. The molecule has 0 bridgehead atoms. The first-order valence-electron chi connectivity index (χ1n) is 8.26. The van der Waals surface area contributed by atoms with Crippen molar-refractivity contribution in [2.24, 2.45) is 11.5 Å². The minimum atomic E-state index is -1.58. The zero-order valence-corrected chi connectivity index (χ0v) is 14.9. The summed E-state index contributed by atoms with van der Waals surface area (Å²) < 4.78 is 5.00. The fraction of sp³-hybridized carbons (Fsp3) is 0.353. The van der Waals surface area contributed by atoms with E-state index in [0.29, 0.717) is 5.56 Å². The second-order valence-electron chi connectivity index (χ2n) is 5.83. The molecule has 4 amide bonds. The normalized spacial score (nSPS) is 12.3. The molecular weight excluding hydrogens is 372 g/mol. The first kappa shape index (κ1) is 22.4. The first-order chi connectivity index (χ1) is 13.2. The maximum absolute atomic E-state index is 12.3. The molecule has 0 radical (unpaired) electrons. The Kier molecular flexibility index (Phi) is 8.93. The number of carboxylic acid groups (broad SMARTS) is 1. The Balaban J connectivity index is 2.72. The van der Waals surface area contributed by atoms with Crippen LogP contribution in [0.3, 0.4) is 0 Å². The minimum absolute atomic E-state index is 0.0593. The molecule has 2 unspecified atom stereocenters. The smallest absolute Gasteiger partial charge is 0.408 e. The number of rotatable bonds is 11. The largest absolute Gasteiger partial charge is 0.480 e. The average molecular weight is 394 g/mol. The number of alkyl carbamates (subject to hydrolysis) is 1. The van der Waals surface area contributed by atoms with E-state index in [2.05, 4.69) is 10.6 Å². The fourth-order valence-electron chi connectivity index (χ4n) is 2.14. The van der Waals surface area contributed by atoms with Crippen molar-refractivity contribution in [1.82, 2.24) is 10.6 Å². The van der Waals surface area contributed by atoms with Gasteiger partial charge in [0.1, 0.15) is 18.7 Å². The van der Waals surface area contributed by atoms with Crippen LogP contribution in [0.4, 0.5) is 4.79 Å². The van der Waals surface area contributed by atoms with Crippen molar-refractivity contribution in [1.29, 1.82) is 0 Å². The van der Waals surface area contributed by atoms with Crippen LogP contribution in [0.25, 0.3) is 0 Å². The summed E-state index contributed by atoms with van der Waals surface area (Å²) in [5.41, 5.74) is 10.7. The van der Waals surface area contributed by atoms with Crippen molar-refractivity contribution in [3.63, 3.8) is 0 Å². The van der Waals surface area contributed by atoms with Crippen LogP contribution in [-0.4, -0.2) is 47.0 Å². The van der Waals surface area contributed by atoms with E-state index < -0.39 is 48.3 Å². The Morgan fingerprint density at radius 2 is 1.61 bits per heavy atom. The number of ether oxygens (including phenoxy) is 1. The zero-order valence-electron chi connectivity index (χ0n) is 14.9. The highest BCUT2D eigenvalue weighted by molar-refractivity contribution is 5.91. The quantitative estimate of drug-likeness (QED) is 0.317. The number of carbonyl (C=O) groups is 5. The summed E-state index contributed by atoms with van der Waals surface area (Å²) in [6, 6.07) is 5.87. The molecule has 0 aliphatic carbocycles. The number of carbonyl (C=O) groups excluding carboxylic acids is 4. The summed E-state index contributed by atoms with van der Waals surface area (Å²) in [7, 11) is 0. The molecule has 0 spiro atoms. The number of hydrogen-bond donors (Lipinski definition) is 5. The highest BCUT2D eigenvalue weighted by atomic mass is 16.5. The maximum atomic E-state index is 12.3. The second kappa shape index (κ2) is 11.2. The molecule has 152 valence electrons. The third-order valence-electron chi connectivity index (χ3n) is 3.52. The van der Waals surface area contributed by atoms with Crippen molar-refractivity contribution in [2.75, 3.05) is 0 Å². The van der Waals surface area contributed by atoms with Crippen LogP contribution in [0.15, 0.2) is 30.3 Å². The van der Waals surface area contributed by atoms with Crippen LogP contribution >= 0.6 is 0 Å². The van der Waals surface area contributed by atoms with E-state index in [1.165, 1.54) is 0 Å². The zero-order chi connectivity index (χ0) is 21.1. The lowest BCUT2D eigenvalue weighted by atomic mass is 10.1. The summed E-state index contributed by atoms with van der Waals surface area (Å²) in [5.74, 6) is -4.06. The SMILES string of the molecule is NC(=O)CCC(NC(=O)OCc1ccccc1)C(=O)NC(CC(N)=O)C(=O)O. The van der Waals surface area contributed by atoms with Crippen LogP contribution in [0.2, 0.25) is 0 Å². The van der Waals surface area contributed by atoms with Gasteiger partial charge in [-0.2, -0.15) is 0 Å². The van der Waals surface area contributed by atoms with Gasteiger partial charge in [-0.3, -0.25) is 14.4 Å². The van der Waals surface area contributed by atoms with E-state index in [-0.39, 0.29) is 19.4 Å². The van der Waals surface area contributed by atoms with Crippen LogP contribution in [0.1, 0.15) is 24.8 Å². The van der Waals surface area contributed by atoms with Crippen molar-refractivity contribution in [2.45, 2.75) is 38.0 Å². The summed E-state index contributed by atoms with van der Waals surface area (Å²) in [6.45, 7) is -0.0593. The van der Waals surface area contributed by atoms with E-state index in [1.54, 1.807) is 30.3 Å². The monoisotopic (exact) mass is 394 g/mol. The van der Waals surface area contributed by atoms with Gasteiger partial charge in [0.25, 0.3) is 0 Å². The molecule has 0 heterocycles. The van der Waals surface area contributed by atoms with Crippen molar-refractivity contribution >= 4 is 29.8 Å². The van der Waals surface area contributed by atoms with Crippen molar-refractivity contribution in [3.05, 3.63) is 35.9 Å². The van der Waals surface area contributed by atoms with Crippen LogP contribution in [0.5, 0.6) is 0 Å². The van der Waals surface area contributed by atoms with Gasteiger partial charge in [-0.15, -0.1) is 0 Å². The molecular formula is C17H22N4O7. The van der Waals surface area contributed by atoms with Crippen LogP contribution in [-0.2, 0) is 30.5 Å². The van der Waals surface area contributed by atoms with E-state index >= 15 is 0 Å². The molecule has 0 saturated heterocycles. The molecule has 7 N–H and O–H groups in total. The third-order valence-corrected chi connectivity index (χ3v) is 3.52. The lowest BCUT2D eigenvalue weighted by Gasteiger charge is -2.20. The first-order valence-corrected chi connectivity index (χ1v) is 8.26. The second-order valence-corrected chi connectivity index (χ2v) is 5.83. The van der Waals surface area contributed by atoms with E-state index in [1.807, 2.05) is 0 Å². The van der Waals surface area contributed by atoms with Gasteiger partial charge < -0.3 is 31.9 Å².